The Bertz CT molecular complexity index is 689. The SMILES string of the molecule is CCOc1ccc(Nc2nccc(NC)n2)cc1OCN1CCCC1. The summed E-state index contributed by atoms with van der Waals surface area (Å²) >= 11 is 0. The fourth-order valence-electron chi connectivity index (χ4n) is 2.73. The molecule has 0 radical (unpaired) electrons. The van der Waals surface area contributed by atoms with Crippen LogP contribution in [0, 0.1) is 0 Å². The highest BCUT2D eigenvalue weighted by atomic mass is 16.5. The molecule has 1 aromatic heterocycles. The van der Waals surface area contributed by atoms with Gasteiger partial charge >= 0.3 is 0 Å². The summed E-state index contributed by atoms with van der Waals surface area (Å²) in [6, 6.07) is 7.58. The average molecular weight is 343 g/mol. The Hall–Kier alpha value is -2.54. The van der Waals surface area contributed by atoms with E-state index in [-0.39, 0.29) is 0 Å². The van der Waals surface area contributed by atoms with E-state index in [4.69, 9.17) is 9.47 Å². The minimum absolute atomic E-state index is 0.529. The van der Waals surface area contributed by atoms with Crippen molar-refractivity contribution in [3.05, 3.63) is 30.5 Å². The van der Waals surface area contributed by atoms with Gasteiger partial charge < -0.3 is 20.1 Å². The van der Waals surface area contributed by atoms with Crippen LogP contribution in [0.2, 0.25) is 0 Å². The second kappa shape index (κ2) is 8.53. The predicted octanol–water partition coefficient (Wildman–Crippen LogP) is 3.09. The molecule has 2 aromatic rings. The highest BCUT2D eigenvalue weighted by molar-refractivity contribution is 5.60. The van der Waals surface area contributed by atoms with Gasteiger partial charge in [-0.15, -0.1) is 0 Å². The Balaban J connectivity index is 1.73. The maximum Gasteiger partial charge on any atom is 0.229 e. The predicted molar refractivity (Wildman–Crippen MR) is 98.8 cm³/mol. The summed E-state index contributed by atoms with van der Waals surface area (Å²) in [6.45, 7) is 5.32. The molecule has 0 unspecified atom stereocenters. The lowest BCUT2D eigenvalue weighted by molar-refractivity contribution is 0.146. The van der Waals surface area contributed by atoms with Gasteiger partial charge in [-0.1, -0.05) is 0 Å². The molecule has 3 rings (SSSR count). The van der Waals surface area contributed by atoms with Crippen molar-refractivity contribution in [3.63, 3.8) is 0 Å². The van der Waals surface area contributed by atoms with E-state index < -0.39 is 0 Å². The van der Waals surface area contributed by atoms with Crippen LogP contribution in [-0.2, 0) is 0 Å². The standard InChI is InChI=1S/C18H25N5O2/c1-3-24-15-7-6-14(21-18-20-9-8-17(19-2)22-18)12-16(15)25-13-23-10-4-5-11-23/h6-9,12H,3-5,10-11,13H2,1-2H3,(H2,19,20,21,22). The summed E-state index contributed by atoms with van der Waals surface area (Å²) in [5.41, 5.74) is 0.855. The maximum absolute atomic E-state index is 6.00. The molecular weight excluding hydrogens is 318 g/mol. The molecule has 0 amide bonds. The molecule has 2 N–H and O–H groups in total. The quantitative estimate of drug-likeness (QED) is 0.763. The summed E-state index contributed by atoms with van der Waals surface area (Å²) in [5.74, 6) is 2.76. The monoisotopic (exact) mass is 343 g/mol. The van der Waals surface area contributed by atoms with Gasteiger partial charge in [0.05, 0.1) is 6.61 Å². The Morgan fingerprint density at radius 2 is 1.96 bits per heavy atom. The van der Waals surface area contributed by atoms with E-state index in [1.165, 1.54) is 12.8 Å². The lowest BCUT2D eigenvalue weighted by atomic mass is 10.2. The fraction of sp³-hybridized carbons (Fsp3) is 0.444. The van der Waals surface area contributed by atoms with E-state index in [9.17, 15) is 0 Å². The second-order valence-electron chi connectivity index (χ2n) is 5.83. The van der Waals surface area contributed by atoms with Crippen molar-refractivity contribution >= 4 is 17.5 Å². The Morgan fingerprint density at radius 3 is 2.72 bits per heavy atom. The first kappa shape index (κ1) is 17.3. The zero-order valence-electron chi connectivity index (χ0n) is 14.8. The van der Waals surface area contributed by atoms with Crippen molar-refractivity contribution in [2.24, 2.45) is 0 Å². The number of hydrogen-bond donors (Lipinski definition) is 2. The summed E-state index contributed by atoms with van der Waals surface area (Å²) in [6.07, 6.45) is 4.19. The highest BCUT2D eigenvalue weighted by Crippen LogP contribution is 2.32. The Kier molecular flexibility index (Phi) is 5.90. The Morgan fingerprint density at radius 1 is 1.12 bits per heavy atom. The summed E-state index contributed by atoms with van der Waals surface area (Å²) < 4.78 is 11.7. The number of likely N-dealkylation sites (tertiary alicyclic amines) is 1. The average Bonchev–Trinajstić information content (AvgIpc) is 3.15. The molecular formula is C18H25N5O2. The van der Waals surface area contributed by atoms with Crippen LogP contribution < -0.4 is 20.1 Å². The van der Waals surface area contributed by atoms with Crippen molar-refractivity contribution in [3.8, 4) is 11.5 Å². The lowest BCUT2D eigenvalue weighted by Gasteiger charge is -2.18. The number of ether oxygens (including phenoxy) is 2. The van der Waals surface area contributed by atoms with Gasteiger partial charge in [-0.25, -0.2) is 4.98 Å². The van der Waals surface area contributed by atoms with Gasteiger partial charge in [-0.2, -0.15) is 4.98 Å². The molecule has 0 aliphatic carbocycles. The summed E-state index contributed by atoms with van der Waals surface area (Å²) in [5, 5.41) is 6.21. The fourth-order valence-corrected chi connectivity index (χ4v) is 2.73. The van der Waals surface area contributed by atoms with E-state index >= 15 is 0 Å². The second-order valence-corrected chi connectivity index (χ2v) is 5.83. The molecule has 2 heterocycles. The van der Waals surface area contributed by atoms with Gasteiger partial charge in [0.2, 0.25) is 5.95 Å². The number of hydrogen-bond acceptors (Lipinski definition) is 7. The summed E-state index contributed by atoms with van der Waals surface area (Å²) in [4.78, 5) is 10.9. The molecule has 0 atom stereocenters. The van der Waals surface area contributed by atoms with Gasteiger partial charge in [-0.3, -0.25) is 4.90 Å². The van der Waals surface area contributed by atoms with E-state index in [1.807, 2.05) is 38.2 Å². The van der Waals surface area contributed by atoms with E-state index in [0.29, 0.717) is 19.3 Å². The molecule has 1 fully saturated rings. The molecule has 0 saturated carbocycles. The van der Waals surface area contributed by atoms with Crippen LogP contribution in [0.3, 0.4) is 0 Å². The minimum Gasteiger partial charge on any atom is -0.490 e. The number of aromatic nitrogens is 2. The first-order valence-corrected chi connectivity index (χ1v) is 8.68. The number of nitrogens with one attached hydrogen (secondary N) is 2. The molecule has 1 saturated heterocycles. The van der Waals surface area contributed by atoms with Crippen molar-refractivity contribution in [2.75, 3.05) is 44.1 Å². The lowest BCUT2D eigenvalue weighted by Crippen LogP contribution is -2.24. The third kappa shape index (κ3) is 4.73. The number of benzene rings is 1. The molecule has 1 aliphatic rings. The number of nitrogens with zero attached hydrogens (tertiary/aromatic N) is 3. The van der Waals surface area contributed by atoms with Crippen LogP contribution in [0.25, 0.3) is 0 Å². The highest BCUT2D eigenvalue weighted by Gasteiger charge is 2.14. The van der Waals surface area contributed by atoms with E-state index in [2.05, 4.69) is 25.5 Å². The smallest absolute Gasteiger partial charge is 0.229 e. The van der Waals surface area contributed by atoms with Gasteiger partial charge in [0.25, 0.3) is 0 Å². The van der Waals surface area contributed by atoms with Crippen molar-refractivity contribution in [2.45, 2.75) is 19.8 Å². The van der Waals surface area contributed by atoms with Gasteiger partial charge in [0.1, 0.15) is 12.5 Å². The normalized spacial score (nSPS) is 14.3. The molecule has 7 heteroatoms. The molecule has 7 nitrogen and oxygen atoms in total. The largest absolute Gasteiger partial charge is 0.490 e. The van der Waals surface area contributed by atoms with Crippen LogP contribution in [0.1, 0.15) is 19.8 Å². The number of rotatable bonds is 8. The van der Waals surface area contributed by atoms with Gasteiger partial charge in [0.15, 0.2) is 11.5 Å². The van der Waals surface area contributed by atoms with E-state index in [1.54, 1.807) is 6.20 Å². The van der Waals surface area contributed by atoms with Crippen LogP contribution in [0.15, 0.2) is 30.5 Å². The van der Waals surface area contributed by atoms with Crippen LogP contribution in [-0.4, -0.2) is 48.3 Å². The third-order valence-corrected chi connectivity index (χ3v) is 4.01. The van der Waals surface area contributed by atoms with Gasteiger partial charge in [-0.05, 0) is 38.0 Å². The molecule has 0 bridgehead atoms. The van der Waals surface area contributed by atoms with Crippen molar-refractivity contribution in [1.29, 1.82) is 0 Å². The van der Waals surface area contributed by atoms with Crippen LogP contribution in [0.5, 0.6) is 11.5 Å². The number of anilines is 3. The summed E-state index contributed by atoms with van der Waals surface area (Å²) in [7, 11) is 1.83. The van der Waals surface area contributed by atoms with Crippen LogP contribution in [0.4, 0.5) is 17.5 Å². The zero-order chi connectivity index (χ0) is 17.5. The molecule has 25 heavy (non-hydrogen) atoms. The topological polar surface area (TPSA) is 71.5 Å². The third-order valence-electron chi connectivity index (χ3n) is 4.01. The van der Waals surface area contributed by atoms with E-state index in [0.717, 1.165) is 36.1 Å². The zero-order valence-corrected chi connectivity index (χ0v) is 14.8. The van der Waals surface area contributed by atoms with Crippen molar-refractivity contribution < 1.29 is 9.47 Å². The van der Waals surface area contributed by atoms with Crippen molar-refractivity contribution in [1.82, 2.24) is 14.9 Å². The maximum atomic E-state index is 6.00. The van der Waals surface area contributed by atoms with Gasteiger partial charge in [0, 0.05) is 38.1 Å². The molecule has 1 aromatic carbocycles. The van der Waals surface area contributed by atoms with Crippen LogP contribution >= 0.6 is 0 Å². The first-order valence-electron chi connectivity index (χ1n) is 8.68. The minimum atomic E-state index is 0.529. The molecule has 1 aliphatic heterocycles. The Labute approximate surface area is 148 Å². The first-order chi connectivity index (χ1) is 12.3. The molecule has 0 spiro atoms. The molecule has 134 valence electrons.